The average Bonchev–Trinajstić information content (AvgIpc) is 2.95. The number of Topliss-reactive ketones (excluding diaryl/α,β-unsaturated/α-hetero) is 1. The Balaban J connectivity index is 1.74. The van der Waals surface area contributed by atoms with Crippen LogP contribution in [-0.4, -0.2) is 24.4 Å². The number of anilines is 1. The predicted octanol–water partition coefficient (Wildman–Crippen LogP) is 4.87. The zero-order valence-electron chi connectivity index (χ0n) is 13.6. The first-order valence-corrected chi connectivity index (χ1v) is 8.66. The van der Waals surface area contributed by atoms with E-state index in [1.807, 2.05) is 6.92 Å². The Bertz CT molecular complexity index is 921. The van der Waals surface area contributed by atoms with Crippen molar-refractivity contribution in [1.82, 2.24) is 4.98 Å². The van der Waals surface area contributed by atoms with Gasteiger partial charge in [-0.05, 0) is 49.2 Å². The van der Waals surface area contributed by atoms with E-state index in [1.54, 1.807) is 36.6 Å². The fourth-order valence-electron chi connectivity index (χ4n) is 2.54. The molecule has 6 heteroatoms. The van der Waals surface area contributed by atoms with E-state index >= 15 is 0 Å². The van der Waals surface area contributed by atoms with Crippen molar-refractivity contribution < 1.29 is 9.53 Å². The van der Waals surface area contributed by atoms with Gasteiger partial charge in [-0.25, -0.2) is 4.98 Å². The molecular weight excluding hydrogens is 344 g/mol. The molecule has 0 aliphatic rings. The van der Waals surface area contributed by atoms with Crippen LogP contribution < -0.4 is 10.1 Å². The van der Waals surface area contributed by atoms with Gasteiger partial charge in [-0.1, -0.05) is 29.0 Å². The molecule has 1 aromatic heterocycles. The first-order chi connectivity index (χ1) is 11.5. The summed E-state index contributed by atoms with van der Waals surface area (Å²) in [5.41, 5.74) is 3.87. The number of hydrogen-bond donors (Lipinski definition) is 1. The Labute approximate surface area is 149 Å². The summed E-state index contributed by atoms with van der Waals surface area (Å²) in [5, 5.41) is 4.28. The van der Waals surface area contributed by atoms with Crippen molar-refractivity contribution in [2.45, 2.75) is 13.8 Å². The van der Waals surface area contributed by atoms with Crippen LogP contribution in [0.2, 0.25) is 5.02 Å². The molecule has 1 N–H and O–H groups in total. The molecule has 124 valence electrons. The lowest BCUT2D eigenvalue weighted by atomic mass is 10.1. The molecule has 0 saturated carbocycles. The van der Waals surface area contributed by atoms with Gasteiger partial charge in [-0.15, -0.1) is 0 Å². The van der Waals surface area contributed by atoms with Gasteiger partial charge >= 0.3 is 0 Å². The number of ketones is 1. The summed E-state index contributed by atoms with van der Waals surface area (Å²) >= 11 is 7.62. The van der Waals surface area contributed by atoms with E-state index in [9.17, 15) is 4.79 Å². The van der Waals surface area contributed by atoms with Gasteiger partial charge in [0.2, 0.25) is 0 Å². The van der Waals surface area contributed by atoms with Crippen molar-refractivity contribution in [3.8, 4) is 5.75 Å². The minimum atomic E-state index is -0.0493. The summed E-state index contributed by atoms with van der Waals surface area (Å²) in [6.07, 6.45) is 0. The Morgan fingerprint density at radius 1 is 1.29 bits per heavy atom. The Kier molecular flexibility index (Phi) is 4.73. The topological polar surface area (TPSA) is 51.2 Å². The van der Waals surface area contributed by atoms with E-state index in [-0.39, 0.29) is 12.3 Å². The maximum atomic E-state index is 12.3. The maximum Gasteiger partial charge on any atom is 0.184 e. The lowest BCUT2D eigenvalue weighted by molar-refractivity contribution is 0.101. The number of methoxy groups -OCH3 is 1. The highest BCUT2D eigenvalue weighted by molar-refractivity contribution is 7.22. The molecule has 3 rings (SSSR count). The fourth-order valence-corrected chi connectivity index (χ4v) is 3.84. The van der Waals surface area contributed by atoms with E-state index in [4.69, 9.17) is 16.3 Å². The van der Waals surface area contributed by atoms with E-state index in [0.29, 0.717) is 16.3 Å². The summed E-state index contributed by atoms with van der Waals surface area (Å²) < 4.78 is 6.22. The zero-order valence-corrected chi connectivity index (χ0v) is 15.2. The Morgan fingerprint density at radius 3 is 2.79 bits per heavy atom. The van der Waals surface area contributed by atoms with E-state index < -0.39 is 0 Å². The van der Waals surface area contributed by atoms with Gasteiger partial charge in [0, 0.05) is 5.56 Å². The highest BCUT2D eigenvalue weighted by Gasteiger charge is 2.11. The fraction of sp³-hybridized carbons (Fsp3) is 0.222. The number of halogens is 1. The molecule has 24 heavy (non-hydrogen) atoms. The summed E-state index contributed by atoms with van der Waals surface area (Å²) in [7, 11) is 1.54. The Hall–Kier alpha value is -2.11. The molecule has 0 unspecified atom stereocenters. The van der Waals surface area contributed by atoms with Gasteiger partial charge < -0.3 is 10.1 Å². The molecule has 0 saturated heterocycles. The normalized spacial score (nSPS) is 10.8. The molecule has 0 bridgehead atoms. The summed E-state index contributed by atoms with van der Waals surface area (Å²) in [6.45, 7) is 4.28. The number of carbonyl (C=O) groups is 1. The number of carbonyl (C=O) groups excluding carboxylic acids is 1. The highest BCUT2D eigenvalue weighted by atomic mass is 35.5. The van der Waals surface area contributed by atoms with E-state index in [2.05, 4.69) is 29.4 Å². The molecule has 4 nitrogen and oxygen atoms in total. The molecule has 2 aromatic carbocycles. The predicted molar refractivity (Wildman–Crippen MR) is 99.9 cm³/mol. The largest absolute Gasteiger partial charge is 0.495 e. The second-order valence-electron chi connectivity index (χ2n) is 5.57. The van der Waals surface area contributed by atoms with Gasteiger partial charge in [-0.2, -0.15) is 0 Å². The van der Waals surface area contributed by atoms with Crippen molar-refractivity contribution in [1.29, 1.82) is 0 Å². The van der Waals surface area contributed by atoms with Crippen LogP contribution in [0.4, 0.5) is 5.13 Å². The molecule has 0 aliphatic carbocycles. The zero-order chi connectivity index (χ0) is 17.3. The molecule has 0 fully saturated rings. The molecule has 0 spiro atoms. The number of thiazole rings is 1. The maximum absolute atomic E-state index is 12.3. The number of aromatic nitrogens is 1. The van der Waals surface area contributed by atoms with Gasteiger partial charge in [0.1, 0.15) is 5.75 Å². The average molecular weight is 361 g/mol. The number of rotatable bonds is 5. The third-order valence-electron chi connectivity index (χ3n) is 3.70. The number of aryl methyl sites for hydroxylation is 2. The monoisotopic (exact) mass is 360 g/mol. The van der Waals surface area contributed by atoms with Crippen molar-refractivity contribution in [3.63, 3.8) is 0 Å². The second-order valence-corrected chi connectivity index (χ2v) is 7.01. The second kappa shape index (κ2) is 6.79. The SMILES string of the molecule is COc1ccc(C(=O)CNc2nc3c(C)cc(C)cc3s2)cc1Cl. The lowest BCUT2D eigenvalue weighted by Gasteiger charge is -2.06. The quantitative estimate of drug-likeness (QED) is 0.659. The number of hydrogen-bond acceptors (Lipinski definition) is 5. The lowest BCUT2D eigenvalue weighted by Crippen LogP contribution is -2.13. The van der Waals surface area contributed by atoms with E-state index in [0.717, 1.165) is 20.9 Å². The highest BCUT2D eigenvalue weighted by Crippen LogP contribution is 2.29. The van der Waals surface area contributed by atoms with Gasteiger partial charge in [0.15, 0.2) is 10.9 Å². The van der Waals surface area contributed by atoms with Gasteiger partial charge in [-0.3, -0.25) is 4.79 Å². The molecule has 0 atom stereocenters. The number of ether oxygens (including phenoxy) is 1. The molecule has 3 aromatic rings. The van der Waals surface area contributed by atoms with E-state index in [1.165, 1.54) is 5.56 Å². The number of nitrogens with one attached hydrogen (secondary N) is 1. The number of fused-ring (bicyclic) bond motifs is 1. The van der Waals surface area contributed by atoms with Crippen molar-refractivity contribution in [2.75, 3.05) is 19.0 Å². The van der Waals surface area contributed by atoms with Crippen LogP contribution in [0.3, 0.4) is 0 Å². The molecule has 0 aliphatic heterocycles. The Morgan fingerprint density at radius 2 is 2.08 bits per heavy atom. The van der Waals surface area contributed by atoms with Crippen LogP contribution in [-0.2, 0) is 0 Å². The molecule has 0 radical (unpaired) electrons. The molecule has 0 amide bonds. The van der Waals surface area contributed by atoms with Crippen LogP contribution in [0.25, 0.3) is 10.2 Å². The summed E-state index contributed by atoms with van der Waals surface area (Å²) in [6, 6.07) is 9.24. The van der Waals surface area contributed by atoms with Crippen molar-refractivity contribution in [2.24, 2.45) is 0 Å². The molecular formula is C18H17ClN2O2S. The van der Waals surface area contributed by atoms with Crippen molar-refractivity contribution in [3.05, 3.63) is 52.0 Å². The smallest absolute Gasteiger partial charge is 0.184 e. The summed E-state index contributed by atoms with van der Waals surface area (Å²) in [5.74, 6) is 0.505. The minimum absolute atomic E-state index is 0.0493. The van der Waals surface area contributed by atoms with Gasteiger partial charge in [0.05, 0.1) is 28.9 Å². The van der Waals surface area contributed by atoms with Gasteiger partial charge in [0.25, 0.3) is 0 Å². The number of benzene rings is 2. The molecule has 1 heterocycles. The first kappa shape index (κ1) is 16.7. The van der Waals surface area contributed by atoms with Crippen molar-refractivity contribution >= 4 is 44.1 Å². The van der Waals surface area contributed by atoms with Crippen LogP contribution in [0.15, 0.2) is 30.3 Å². The third kappa shape index (κ3) is 3.37. The minimum Gasteiger partial charge on any atom is -0.495 e. The third-order valence-corrected chi connectivity index (χ3v) is 4.96. The van der Waals surface area contributed by atoms with Crippen LogP contribution >= 0.6 is 22.9 Å². The van der Waals surface area contributed by atoms with Crippen LogP contribution in [0.1, 0.15) is 21.5 Å². The standard InChI is InChI=1S/C18H17ClN2O2S/c1-10-6-11(2)17-16(7-10)24-18(21-17)20-9-14(22)12-4-5-15(23-3)13(19)8-12/h4-8H,9H2,1-3H3,(H,20,21). The number of nitrogens with zero attached hydrogens (tertiary/aromatic N) is 1. The van der Waals surface area contributed by atoms with Crippen LogP contribution in [0, 0.1) is 13.8 Å². The summed E-state index contributed by atoms with van der Waals surface area (Å²) in [4.78, 5) is 16.9. The first-order valence-electron chi connectivity index (χ1n) is 7.46. The van der Waals surface area contributed by atoms with Crippen LogP contribution in [0.5, 0.6) is 5.75 Å².